The van der Waals surface area contributed by atoms with Gasteiger partial charge in [-0.1, -0.05) is 11.6 Å². The van der Waals surface area contributed by atoms with Crippen LogP contribution >= 0.6 is 27.5 Å². The molecule has 26 heavy (non-hydrogen) atoms. The number of anilines is 2. The summed E-state index contributed by atoms with van der Waals surface area (Å²) in [6.45, 7) is 0.292. The van der Waals surface area contributed by atoms with Crippen molar-refractivity contribution in [3.05, 3.63) is 50.8 Å². The largest absolute Gasteiger partial charge is 0.336 e. The predicted octanol–water partition coefficient (Wildman–Crippen LogP) is 4.73. The Morgan fingerprint density at radius 3 is 2.69 bits per heavy atom. The molecule has 10 heteroatoms. The molecule has 0 saturated heterocycles. The SMILES string of the molecule is O=C(NOCC1CC1)c1cc(F)c(F)c(F)c1Nc1ncc(Br)cc1Cl. The van der Waals surface area contributed by atoms with Crippen molar-refractivity contribution in [2.24, 2.45) is 5.92 Å². The highest BCUT2D eigenvalue weighted by Crippen LogP contribution is 2.32. The summed E-state index contributed by atoms with van der Waals surface area (Å²) in [4.78, 5) is 21.2. The molecule has 0 radical (unpaired) electrons. The fraction of sp³-hybridized carbons (Fsp3) is 0.250. The van der Waals surface area contributed by atoms with Crippen LogP contribution in [-0.2, 0) is 4.84 Å². The molecule has 0 unspecified atom stereocenters. The van der Waals surface area contributed by atoms with Crippen molar-refractivity contribution >= 4 is 44.9 Å². The number of hydrogen-bond donors (Lipinski definition) is 2. The topological polar surface area (TPSA) is 63.2 Å². The van der Waals surface area contributed by atoms with E-state index in [0.29, 0.717) is 23.1 Å². The maximum absolute atomic E-state index is 14.3. The molecular weight excluding hydrogens is 439 g/mol. The second kappa shape index (κ2) is 7.81. The molecule has 1 aromatic carbocycles. The molecule has 3 rings (SSSR count). The van der Waals surface area contributed by atoms with Crippen molar-refractivity contribution in [2.75, 3.05) is 11.9 Å². The van der Waals surface area contributed by atoms with Gasteiger partial charge in [0.05, 0.1) is 22.9 Å². The Labute approximate surface area is 160 Å². The molecule has 0 spiro atoms. The van der Waals surface area contributed by atoms with Gasteiger partial charge in [0, 0.05) is 10.7 Å². The maximum atomic E-state index is 14.3. The fourth-order valence-corrected chi connectivity index (χ4v) is 2.76. The normalized spacial score (nSPS) is 13.6. The van der Waals surface area contributed by atoms with Crippen molar-refractivity contribution in [2.45, 2.75) is 12.8 Å². The third-order valence-electron chi connectivity index (χ3n) is 3.64. The summed E-state index contributed by atoms with van der Waals surface area (Å²) < 4.78 is 42.1. The number of pyridine rings is 1. The van der Waals surface area contributed by atoms with E-state index in [1.807, 2.05) is 0 Å². The van der Waals surface area contributed by atoms with Gasteiger partial charge in [-0.25, -0.2) is 23.6 Å². The lowest BCUT2D eigenvalue weighted by molar-refractivity contribution is 0.0270. The van der Waals surface area contributed by atoms with Gasteiger partial charge in [-0.3, -0.25) is 9.63 Å². The van der Waals surface area contributed by atoms with Crippen molar-refractivity contribution in [1.82, 2.24) is 10.5 Å². The minimum absolute atomic E-state index is 0.0345. The van der Waals surface area contributed by atoms with Crippen molar-refractivity contribution in [3.63, 3.8) is 0 Å². The number of nitrogens with one attached hydrogen (secondary N) is 2. The first-order valence-electron chi connectivity index (χ1n) is 7.54. The van der Waals surface area contributed by atoms with E-state index in [1.54, 1.807) is 0 Å². The molecule has 5 nitrogen and oxygen atoms in total. The van der Waals surface area contributed by atoms with Crippen LogP contribution in [0.3, 0.4) is 0 Å². The van der Waals surface area contributed by atoms with Crippen LogP contribution in [0.15, 0.2) is 22.8 Å². The van der Waals surface area contributed by atoms with Crippen LogP contribution in [0.5, 0.6) is 0 Å². The lowest BCUT2D eigenvalue weighted by Gasteiger charge is -2.14. The Morgan fingerprint density at radius 2 is 2.04 bits per heavy atom. The third kappa shape index (κ3) is 4.28. The molecular formula is C16H12BrClF3N3O2. The molecule has 0 aliphatic heterocycles. The van der Waals surface area contributed by atoms with Gasteiger partial charge in [0.25, 0.3) is 5.91 Å². The quantitative estimate of drug-likeness (QED) is 0.493. The minimum Gasteiger partial charge on any atom is -0.336 e. The van der Waals surface area contributed by atoms with Crippen molar-refractivity contribution < 1.29 is 22.8 Å². The molecule has 1 aliphatic carbocycles. The number of hydrogen-bond acceptors (Lipinski definition) is 4. The summed E-state index contributed by atoms with van der Waals surface area (Å²) in [5, 5.41) is 2.52. The van der Waals surface area contributed by atoms with Gasteiger partial charge in [-0.05, 0) is 46.8 Å². The van der Waals surface area contributed by atoms with Crippen LogP contribution in [0.4, 0.5) is 24.7 Å². The maximum Gasteiger partial charge on any atom is 0.277 e. The monoisotopic (exact) mass is 449 g/mol. The number of benzene rings is 1. The Hall–Kier alpha value is -1.84. The minimum atomic E-state index is -1.73. The Balaban J connectivity index is 1.90. The number of nitrogens with zero attached hydrogens (tertiary/aromatic N) is 1. The molecule has 0 bridgehead atoms. The molecule has 1 amide bonds. The molecule has 2 N–H and O–H groups in total. The van der Waals surface area contributed by atoms with E-state index in [1.165, 1.54) is 12.3 Å². The van der Waals surface area contributed by atoms with Gasteiger partial charge < -0.3 is 5.32 Å². The van der Waals surface area contributed by atoms with E-state index in [4.69, 9.17) is 16.4 Å². The standard InChI is InChI=1S/C16H12BrClF3N3O2/c17-8-3-10(18)15(22-5-8)23-14-9(4-11(19)12(20)13(14)21)16(25)24-26-6-7-1-2-7/h3-5,7H,1-2,6H2,(H,22,23)(H,24,25). The molecule has 1 aromatic heterocycles. The van der Waals surface area contributed by atoms with E-state index >= 15 is 0 Å². The van der Waals surface area contributed by atoms with E-state index in [2.05, 4.69) is 31.7 Å². The zero-order valence-corrected chi connectivity index (χ0v) is 15.4. The number of rotatable bonds is 6. The Morgan fingerprint density at radius 1 is 1.31 bits per heavy atom. The average Bonchev–Trinajstić information content (AvgIpc) is 3.41. The molecule has 2 aromatic rings. The summed E-state index contributed by atoms with van der Waals surface area (Å²) in [5.41, 5.74) is 1.01. The van der Waals surface area contributed by atoms with Crippen LogP contribution in [0.2, 0.25) is 5.02 Å². The third-order valence-corrected chi connectivity index (χ3v) is 4.36. The highest BCUT2D eigenvalue weighted by molar-refractivity contribution is 9.10. The summed E-state index contributed by atoms with van der Waals surface area (Å²) >= 11 is 9.15. The molecule has 0 atom stereocenters. The number of amides is 1. The Kier molecular flexibility index (Phi) is 5.69. The van der Waals surface area contributed by atoms with Gasteiger partial charge >= 0.3 is 0 Å². The number of carbonyl (C=O) groups is 1. The average molecular weight is 451 g/mol. The molecule has 1 heterocycles. The predicted molar refractivity (Wildman–Crippen MR) is 92.7 cm³/mol. The lowest BCUT2D eigenvalue weighted by atomic mass is 10.1. The molecule has 1 aliphatic rings. The molecule has 138 valence electrons. The Bertz CT molecular complexity index is 865. The van der Waals surface area contributed by atoms with Crippen LogP contribution in [0, 0.1) is 23.4 Å². The lowest BCUT2D eigenvalue weighted by Crippen LogP contribution is -2.26. The van der Waals surface area contributed by atoms with Crippen LogP contribution in [-0.4, -0.2) is 17.5 Å². The van der Waals surface area contributed by atoms with Gasteiger partial charge in [0.15, 0.2) is 17.5 Å². The number of halogens is 5. The van der Waals surface area contributed by atoms with Gasteiger partial charge in [0.1, 0.15) is 5.82 Å². The van der Waals surface area contributed by atoms with E-state index in [0.717, 1.165) is 12.8 Å². The van der Waals surface area contributed by atoms with Crippen LogP contribution in [0.25, 0.3) is 0 Å². The number of aromatic nitrogens is 1. The smallest absolute Gasteiger partial charge is 0.277 e. The van der Waals surface area contributed by atoms with Gasteiger partial charge in [-0.15, -0.1) is 0 Å². The molecule has 1 saturated carbocycles. The summed E-state index contributed by atoms with van der Waals surface area (Å²) in [6.07, 6.45) is 3.36. The highest BCUT2D eigenvalue weighted by atomic mass is 79.9. The second-order valence-electron chi connectivity index (χ2n) is 5.70. The van der Waals surface area contributed by atoms with E-state index < -0.39 is 34.6 Å². The van der Waals surface area contributed by atoms with Crippen molar-refractivity contribution in [1.29, 1.82) is 0 Å². The first-order valence-corrected chi connectivity index (χ1v) is 8.71. The summed E-state index contributed by atoms with van der Waals surface area (Å²) in [7, 11) is 0. The van der Waals surface area contributed by atoms with Crippen LogP contribution in [0.1, 0.15) is 23.2 Å². The van der Waals surface area contributed by atoms with Crippen molar-refractivity contribution in [3.8, 4) is 0 Å². The van der Waals surface area contributed by atoms with Crippen LogP contribution < -0.4 is 10.8 Å². The summed E-state index contributed by atoms with van der Waals surface area (Å²) in [5.74, 6) is -5.41. The number of carbonyl (C=O) groups excluding carboxylic acids is 1. The molecule has 1 fully saturated rings. The van der Waals surface area contributed by atoms with Gasteiger partial charge in [0.2, 0.25) is 0 Å². The number of hydroxylamine groups is 1. The van der Waals surface area contributed by atoms with E-state index in [9.17, 15) is 18.0 Å². The zero-order valence-electron chi connectivity index (χ0n) is 13.1. The first kappa shape index (κ1) is 18.9. The zero-order chi connectivity index (χ0) is 18.8. The summed E-state index contributed by atoms with van der Waals surface area (Å²) in [6, 6.07) is 2.04. The highest BCUT2D eigenvalue weighted by Gasteiger charge is 2.25. The van der Waals surface area contributed by atoms with E-state index in [-0.39, 0.29) is 10.8 Å². The second-order valence-corrected chi connectivity index (χ2v) is 7.03. The first-order chi connectivity index (χ1) is 12.4. The van der Waals surface area contributed by atoms with Gasteiger partial charge in [-0.2, -0.15) is 0 Å². The fourth-order valence-electron chi connectivity index (χ4n) is 2.09.